The van der Waals surface area contributed by atoms with Crippen molar-refractivity contribution in [2.75, 3.05) is 178 Å². The second-order valence-corrected chi connectivity index (χ2v) is 27.3. The van der Waals surface area contributed by atoms with E-state index in [2.05, 4.69) is 50.1 Å². The van der Waals surface area contributed by atoms with Gasteiger partial charge in [0.1, 0.15) is 28.8 Å². The molecule has 0 fully saturated rings. The Bertz CT molecular complexity index is 2920. The van der Waals surface area contributed by atoms with Gasteiger partial charge < -0.3 is 139 Å². The van der Waals surface area contributed by atoms with Crippen LogP contribution in [0.4, 0.5) is 9.59 Å². The number of ether oxygens (including phenoxy) is 13. The van der Waals surface area contributed by atoms with Gasteiger partial charge in [0.2, 0.25) is 17.7 Å². The quantitative estimate of drug-likeness (QED) is 0.0409. The molecule has 0 aliphatic heterocycles. The summed E-state index contributed by atoms with van der Waals surface area (Å²) in [5.41, 5.74) is -3.56. The van der Waals surface area contributed by atoms with Crippen molar-refractivity contribution in [2.24, 2.45) is 0 Å². The number of allylic oxidation sites excluding steroid dienone is 3. The molecule has 6 amide bonds. The third-order valence-electron chi connectivity index (χ3n) is 17.1. The molecule has 2 aliphatic carbocycles. The van der Waals surface area contributed by atoms with E-state index in [1.165, 1.54) is 11.1 Å². The summed E-state index contributed by atoms with van der Waals surface area (Å²) in [5, 5.41) is 100. The predicted octanol–water partition coefficient (Wildman–Crippen LogP) is 1.29. The lowest BCUT2D eigenvalue weighted by Gasteiger charge is -2.35. The molecule has 0 saturated heterocycles. The molecule has 2 atom stereocenters. The van der Waals surface area contributed by atoms with Crippen molar-refractivity contribution in [3.8, 4) is 0 Å². The molecule has 116 heavy (non-hydrogen) atoms. The molecule has 2 unspecified atom stereocenters. The molecule has 0 bridgehead atoms. The van der Waals surface area contributed by atoms with E-state index in [0.29, 0.717) is 25.7 Å². The lowest BCUT2D eigenvalue weighted by atomic mass is 9.88. The maximum absolute atomic E-state index is 14.3. The highest BCUT2D eigenvalue weighted by atomic mass is 16.6. The lowest BCUT2D eigenvalue weighted by molar-refractivity contribution is -0.142. The number of amides is 6. The number of hydrogen-bond acceptors (Lipinski definition) is 27. The molecular weight excluding hydrogens is 1550 g/mol. The van der Waals surface area contributed by atoms with Gasteiger partial charge in [-0.05, 0) is 30.4 Å². The standard InChI is InChI=1S/C74H112N6O36/c81-57(77-71(40-107-30-16-60(84)85,41-108-31-17-61(86)87)42-109-32-18-62(88)89)13-27-104-49-74(50-105-28-14-58(82)78-72(43-110-33-19-63(90)91,44-111-34-20-64(92)93)45-112-35-21-65(94)95,51-106-29-15-59(83)79-73(46-113-36-22-66(96)97,47-114-37-23-67(98)99)48-115-38-24-68(100)101)80-69(102)75-25-7-1-2-8-26-76-70(103)116-39-56-54-11-5-3-9-52(54)53-10-4-6-12-55(53)56/h3-6,9,11-12,53,56H,1-2,7-8,10,13-51H2,(H,76,103)(H,77,81)(H,78,82)(H,79,83)(H,84,85)(H,86,87)(H,88,89)(H,90,91)(H,92,93)(H,94,95)(H,96,97)(H,98,99)(H,100,101)(H2,75,80,102). The normalized spacial score (nSPS) is 13.8. The van der Waals surface area contributed by atoms with Gasteiger partial charge in [-0.25, -0.2) is 9.59 Å². The second kappa shape index (κ2) is 57.5. The van der Waals surface area contributed by atoms with Crippen molar-refractivity contribution in [3.63, 3.8) is 0 Å². The molecule has 42 nitrogen and oxygen atoms in total. The Morgan fingerprint density at radius 1 is 0.328 bits per heavy atom. The van der Waals surface area contributed by atoms with Crippen LogP contribution < -0.4 is 31.9 Å². The summed E-state index contributed by atoms with van der Waals surface area (Å²) in [4.78, 5) is 172. The van der Waals surface area contributed by atoms with Gasteiger partial charge in [0.25, 0.3) is 0 Å². The fourth-order valence-electron chi connectivity index (χ4n) is 11.5. The smallest absolute Gasteiger partial charge is 0.407 e. The summed E-state index contributed by atoms with van der Waals surface area (Å²) < 4.78 is 74.5. The number of hydrogen-bond donors (Lipinski definition) is 15. The van der Waals surface area contributed by atoms with Gasteiger partial charge in [0, 0.05) is 44.2 Å². The molecule has 42 heteroatoms. The summed E-state index contributed by atoms with van der Waals surface area (Å²) in [6.45, 7) is -11.1. The Kier molecular flexibility index (Phi) is 49.8. The van der Waals surface area contributed by atoms with Crippen LogP contribution in [-0.2, 0) is 119 Å². The van der Waals surface area contributed by atoms with Gasteiger partial charge in [-0.15, -0.1) is 0 Å². The maximum atomic E-state index is 14.3. The van der Waals surface area contributed by atoms with E-state index in [1.807, 2.05) is 24.3 Å². The summed E-state index contributed by atoms with van der Waals surface area (Å²) in [5.74, 6) is -13.5. The Balaban J connectivity index is 2.03. The zero-order valence-electron chi connectivity index (χ0n) is 64.9. The summed E-state index contributed by atoms with van der Waals surface area (Å²) in [6.07, 6.45) is 2.45. The number of urea groups is 1. The van der Waals surface area contributed by atoms with E-state index in [4.69, 9.17) is 61.6 Å². The van der Waals surface area contributed by atoms with Gasteiger partial charge in [-0.3, -0.25) is 57.5 Å². The third-order valence-corrected chi connectivity index (χ3v) is 17.1. The number of carboxylic acid groups (broad SMARTS) is 9. The first-order chi connectivity index (χ1) is 55.4. The SMILES string of the molecule is O=C(O)CCOCC(COCCC(=O)O)(COCCC(=O)O)NC(=O)CCOCC(COCCC(=O)NC(COCCC(=O)O)(COCCC(=O)O)COCCC(=O)O)(COCCC(=O)NC(COCCC(=O)O)(COCCC(=O)O)COCCC(=O)O)NC(=O)NCCCCCCNC(=O)OCC1C2=CC=CCC2c2ccccc21. The fourth-order valence-corrected chi connectivity index (χ4v) is 11.5. The average Bonchev–Trinajstić information content (AvgIpc) is 1.62. The number of carbonyl (C=O) groups is 14. The third kappa shape index (κ3) is 45.6. The predicted molar refractivity (Wildman–Crippen MR) is 397 cm³/mol. The number of aliphatic carboxylic acids is 9. The molecule has 3 rings (SSSR count). The zero-order valence-corrected chi connectivity index (χ0v) is 64.9. The van der Waals surface area contributed by atoms with Crippen LogP contribution in [0, 0.1) is 0 Å². The van der Waals surface area contributed by atoms with Crippen LogP contribution >= 0.6 is 0 Å². The van der Waals surface area contributed by atoms with E-state index in [9.17, 15) is 113 Å². The average molecular weight is 1660 g/mol. The van der Waals surface area contributed by atoms with Crippen LogP contribution in [0.3, 0.4) is 0 Å². The van der Waals surface area contributed by atoms with Crippen molar-refractivity contribution in [1.82, 2.24) is 31.9 Å². The number of alkyl carbamates (subject to hydrolysis) is 1. The van der Waals surface area contributed by atoms with Crippen LogP contribution in [0.15, 0.2) is 48.1 Å². The van der Waals surface area contributed by atoms with E-state index in [-0.39, 0.29) is 91.0 Å². The number of nitrogens with one attached hydrogen (secondary N) is 6. The number of benzene rings is 1. The van der Waals surface area contributed by atoms with E-state index in [0.717, 1.165) is 12.0 Å². The Hall–Kier alpha value is -9.60. The highest BCUT2D eigenvalue weighted by molar-refractivity contribution is 5.79. The summed E-state index contributed by atoms with van der Waals surface area (Å²) >= 11 is 0. The highest BCUT2D eigenvalue weighted by Gasteiger charge is 2.40. The Morgan fingerprint density at radius 3 is 0.871 bits per heavy atom. The van der Waals surface area contributed by atoms with Crippen molar-refractivity contribution in [3.05, 3.63) is 59.2 Å². The molecule has 0 aromatic heterocycles. The molecule has 654 valence electrons. The van der Waals surface area contributed by atoms with Crippen molar-refractivity contribution in [2.45, 2.75) is 143 Å². The largest absolute Gasteiger partial charge is 0.481 e. The lowest BCUT2D eigenvalue weighted by Crippen LogP contribution is -2.61. The molecule has 15 N–H and O–H groups in total. The fraction of sp³-hybridized carbons (Fsp3) is 0.676. The van der Waals surface area contributed by atoms with Crippen LogP contribution in [-0.4, -0.2) is 330 Å². The number of fused-ring (bicyclic) bond motifs is 3. The van der Waals surface area contributed by atoms with Crippen molar-refractivity contribution >= 4 is 83.6 Å². The van der Waals surface area contributed by atoms with E-state index < -0.39 is 282 Å². The number of carboxylic acids is 9. The number of rotatable bonds is 73. The summed E-state index contributed by atoms with van der Waals surface area (Å²) in [7, 11) is 0. The first-order valence-corrected chi connectivity index (χ1v) is 37.6. The maximum Gasteiger partial charge on any atom is 0.407 e. The number of unbranched alkanes of at least 4 members (excludes halogenated alkanes) is 3. The molecule has 0 radical (unpaired) electrons. The number of carbonyl (C=O) groups excluding carboxylic acids is 5. The topological polar surface area (TPSA) is 613 Å². The summed E-state index contributed by atoms with van der Waals surface area (Å²) in [6, 6.07) is 7.20. The molecule has 0 heterocycles. The minimum absolute atomic E-state index is 0.0425. The minimum atomic E-state index is -1.91. The molecule has 1 aromatic carbocycles. The molecule has 0 spiro atoms. The van der Waals surface area contributed by atoms with E-state index >= 15 is 0 Å². The zero-order chi connectivity index (χ0) is 85.5. The van der Waals surface area contributed by atoms with Crippen LogP contribution in [0.2, 0.25) is 0 Å². The van der Waals surface area contributed by atoms with Gasteiger partial charge >= 0.3 is 65.8 Å². The van der Waals surface area contributed by atoms with Gasteiger partial charge in [-0.2, -0.15) is 0 Å². The Morgan fingerprint density at radius 2 is 0.586 bits per heavy atom. The first-order valence-electron chi connectivity index (χ1n) is 37.6. The second-order valence-electron chi connectivity index (χ2n) is 27.3. The van der Waals surface area contributed by atoms with Crippen LogP contribution in [0.1, 0.15) is 132 Å². The van der Waals surface area contributed by atoms with Gasteiger partial charge in [0.05, 0.1) is 216 Å². The molecule has 1 aromatic rings. The van der Waals surface area contributed by atoms with E-state index in [1.54, 1.807) is 0 Å². The minimum Gasteiger partial charge on any atom is -0.481 e. The molecule has 0 saturated carbocycles. The highest BCUT2D eigenvalue weighted by Crippen LogP contribution is 2.49. The molecule has 2 aliphatic rings. The molecular formula is C74H112N6O36. The van der Waals surface area contributed by atoms with Crippen LogP contribution in [0.5, 0.6) is 0 Å². The van der Waals surface area contributed by atoms with Crippen molar-refractivity contribution < 1.29 is 175 Å². The van der Waals surface area contributed by atoms with Crippen LogP contribution in [0.25, 0.3) is 0 Å². The van der Waals surface area contributed by atoms with Crippen molar-refractivity contribution in [1.29, 1.82) is 0 Å². The monoisotopic (exact) mass is 1660 g/mol. The van der Waals surface area contributed by atoms with Gasteiger partial charge in [0.15, 0.2) is 0 Å². The van der Waals surface area contributed by atoms with Gasteiger partial charge in [-0.1, -0.05) is 60.9 Å². The Labute approximate surface area is 668 Å². The first kappa shape index (κ1) is 101.